The van der Waals surface area contributed by atoms with E-state index < -0.39 is 5.60 Å². The van der Waals surface area contributed by atoms with E-state index in [1.165, 1.54) is 31.3 Å². The quantitative estimate of drug-likeness (QED) is 0.568. The number of hydrogen-bond acceptors (Lipinski definition) is 1. The molecule has 0 unspecified atom stereocenters. The molecule has 0 saturated heterocycles. The van der Waals surface area contributed by atoms with Gasteiger partial charge >= 0.3 is 0 Å². The van der Waals surface area contributed by atoms with Crippen molar-refractivity contribution < 1.29 is 5.11 Å². The summed E-state index contributed by atoms with van der Waals surface area (Å²) in [5.74, 6) is 0.814. The SMILES string of the molecule is CC1=C2CCC[C@@H]2CC[C@@](C)(O)C1. The lowest BCUT2D eigenvalue weighted by Gasteiger charge is -2.21. The molecule has 2 aliphatic carbocycles. The Morgan fingerprint density at radius 3 is 2.92 bits per heavy atom. The largest absolute Gasteiger partial charge is 0.390 e. The molecule has 1 nitrogen and oxygen atoms in total. The summed E-state index contributed by atoms with van der Waals surface area (Å²) < 4.78 is 0. The maximum Gasteiger partial charge on any atom is 0.0656 e. The van der Waals surface area contributed by atoms with Gasteiger partial charge in [-0.3, -0.25) is 0 Å². The van der Waals surface area contributed by atoms with Gasteiger partial charge in [0.2, 0.25) is 0 Å². The van der Waals surface area contributed by atoms with Gasteiger partial charge in [0.25, 0.3) is 0 Å². The molecule has 0 radical (unpaired) electrons. The Morgan fingerprint density at radius 1 is 1.38 bits per heavy atom. The van der Waals surface area contributed by atoms with E-state index in [1.807, 2.05) is 6.92 Å². The van der Waals surface area contributed by atoms with Crippen LogP contribution in [0.1, 0.15) is 52.4 Å². The molecule has 2 aliphatic rings. The van der Waals surface area contributed by atoms with E-state index in [1.54, 1.807) is 5.57 Å². The van der Waals surface area contributed by atoms with Crippen molar-refractivity contribution in [2.45, 2.75) is 58.0 Å². The van der Waals surface area contributed by atoms with Crippen molar-refractivity contribution in [1.82, 2.24) is 0 Å². The summed E-state index contributed by atoms with van der Waals surface area (Å²) in [5, 5.41) is 10.0. The van der Waals surface area contributed by atoms with Crippen molar-refractivity contribution in [3.05, 3.63) is 11.1 Å². The summed E-state index contributed by atoms with van der Waals surface area (Å²) in [5.41, 5.74) is 2.73. The predicted octanol–water partition coefficient (Wildman–Crippen LogP) is 3.04. The summed E-state index contributed by atoms with van der Waals surface area (Å²) in [6, 6.07) is 0. The summed E-state index contributed by atoms with van der Waals surface area (Å²) in [6.07, 6.45) is 7.13. The first-order chi connectivity index (χ1) is 6.08. The highest BCUT2D eigenvalue weighted by molar-refractivity contribution is 5.22. The van der Waals surface area contributed by atoms with Crippen LogP contribution in [0.15, 0.2) is 11.1 Å². The first-order valence-electron chi connectivity index (χ1n) is 5.49. The molecule has 0 spiro atoms. The summed E-state index contributed by atoms with van der Waals surface area (Å²) in [4.78, 5) is 0. The molecule has 0 amide bonds. The van der Waals surface area contributed by atoms with Gasteiger partial charge in [0.05, 0.1) is 5.60 Å². The number of rotatable bonds is 0. The fourth-order valence-corrected chi connectivity index (χ4v) is 3.06. The average molecular weight is 180 g/mol. The third-order valence-electron chi connectivity index (χ3n) is 3.72. The standard InChI is InChI=1S/C12H20O/c1-9-8-12(2,13)7-6-10-4-3-5-11(9)10/h10,13H,3-8H2,1-2H3/t10-,12-/m1/s1. The van der Waals surface area contributed by atoms with Crippen LogP contribution in [0.2, 0.25) is 0 Å². The lowest BCUT2D eigenvalue weighted by Crippen LogP contribution is -2.23. The van der Waals surface area contributed by atoms with Crippen LogP contribution in [0.5, 0.6) is 0 Å². The predicted molar refractivity (Wildman–Crippen MR) is 54.5 cm³/mol. The van der Waals surface area contributed by atoms with E-state index in [0.717, 1.165) is 18.8 Å². The maximum absolute atomic E-state index is 10.0. The van der Waals surface area contributed by atoms with E-state index in [4.69, 9.17) is 0 Å². The average Bonchev–Trinajstić information content (AvgIpc) is 2.43. The highest BCUT2D eigenvalue weighted by Gasteiger charge is 2.31. The van der Waals surface area contributed by atoms with Crippen molar-refractivity contribution in [1.29, 1.82) is 0 Å². The van der Waals surface area contributed by atoms with E-state index >= 15 is 0 Å². The molecule has 13 heavy (non-hydrogen) atoms. The van der Waals surface area contributed by atoms with Crippen LogP contribution in [0.25, 0.3) is 0 Å². The Kier molecular flexibility index (Phi) is 2.23. The molecule has 0 aromatic heterocycles. The third kappa shape index (κ3) is 1.80. The molecule has 2 rings (SSSR count). The van der Waals surface area contributed by atoms with Gasteiger partial charge in [-0.05, 0) is 58.3 Å². The van der Waals surface area contributed by atoms with Gasteiger partial charge in [-0.1, -0.05) is 11.1 Å². The molecular weight excluding hydrogens is 160 g/mol. The van der Waals surface area contributed by atoms with E-state index in [2.05, 4.69) is 6.92 Å². The topological polar surface area (TPSA) is 20.2 Å². The monoisotopic (exact) mass is 180 g/mol. The van der Waals surface area contributed by atoms with E-state index in [-0.39, 0.29) is 0 Å². The van der Waals surface area contributed by atoms with Crippen molar-refractivity contribution >= 4 is 0 Å². The van der Waals surface area contributed by atoms with E-state index in [9.17, 15) is 5.11 Å². The van der Waals surface area contributed by atoms with Gasteiger partial charge in [0.15, 0.2) is 0 Å². The second-order valence-corrected chi connectivity index (χ2v) is 5.11. The fourth-order valence-electron chi connectivity index (χ4n) is 3.06. The van der Waals surface area contributed by atoms with Crippen LogP contribution >= 0.6 is 0 Å². The minimum Gasteiger partial charge on any atom is -0.390 e. The van der Waals surface area contributed by atoms with Crippen molar-refractivity contribution in [2.75, 3.05) is 0 Å². The molecule has 0 heterocycles. The fraction of sp³-hybridized carbons (Fsp3) is 0.833. The Hall–Kier alpha value is -0.300. The van der Waals surface area contributed by atoms with Crippen molar-refractivity contribution in [3.8, 4) is 0 Å². The number of allylic oxidation sites excluding steroid dienone is 1. The normalized spacial score (nSPS) is 40.4. The summed E-state index contributed by atoms with van der Waals surface area (Å²) in [6.45, 7) is 4.20. The third-order valence-corrected chi connectivity index (χ3v) is 3.72. The van der Waals surface area contributed by atoms with Crippen molar-refractivity contribution in [3.63, 3.8) is 0 Å². The van der Waals surface area contributed by atoms with E-state index in [0.29, 0.717) is 0 Å². The molecule has 1 fully saturated rings. The zero-order valence-corrected chi connectivity index (χ0v) is 8.77. The lowest BCUT2D eigenvalue weighted by atomic mass is 9.93. The first kappa shape index (κ1) is 9.26. The second kappa shape index (κ2) is 3.13. The molecule has 1 saturated carbocycles. The highest BCUT2D eigenvalue weighted by Crippen LogP contribution is 2.42. The van der Waals surface area contributed by atoms with Gasteiger partial charge in [-0.2, -0.15) is 0 Å². The van der Waals surface area contributed by atoms with Crippen LogP contribution in [0, 0.1) is 5.92 Å². The minimum atomic E-state index is -0.429. The lowest BCUT2D eigenvalue weighted by molar-refractivity contribution is 0.0492. The van der Waals surface area contributed by atoms with Gasteiger partial charge in [-0.15, -0.1) is 0 Å². The van der Waals surface area contributed by atoms with Crippen LogP contribution in [0.3, 0.4) is 0 Å². The molecule has 74 valence electrons. The smallest absolute Gasteiger partial charge is 0.0656 e. The minimum absolute atomic E-state index is 0.429. The molecule has 1 heteroatoms. The Labute approximate surface area is 80.8 Å². The summed E-state index contributed by atoms with van der Waals surface area (Å²) in [7, 11) is 0. The molecule has 0 aromatic rings. The molecule has 2 atom stereocenters. The van der Waals surface area contributed by atoms with Gasteiger partial charge in [0, 0.05) is 0 Å². The number of aliphatic hydroxyl groups is 1. The summed E-state index contributed by atoms with van der Waals surface area (Å²) >= 11 is 0. The highest BCUT2D eigenvalue weighted by atomic mass is 16.3. The van der Waals surface area contributed by atoms with Gasteiger partial charge < -0.3 is 5.11 Å². The van der Waals surface area contributed by atoms with Gasteiger partial charge in [0.1, 0.15) is 0 Å². The van der Waals surface area contributed by atoms with Gasteiger partial charge in [-0.25, -0.2) is 0 Å². The molecule has 0 aliphatic heterocycles. The Morgan fingerprint density at radius 2 is 2.15 bits per heavy atom. The van der Waals surface area contributed by atoms with Crippen LogP contribution in [-0.2, 0) is 0 Å². The van der Waals surface area contributed by atoms with Crippen LogP contribution in [0.4, 0.5) is 0 Å². The zero-order valence-electron chi connectivity index (χ0n) is 8.77. The van der Waals surface area contributed by atoms with Crippen LogP contribution in [-0.4, -0.2) is 10.7 Å². The number of hydrogen-bond donors (Lipinski definition) is 1. The Balaban J connectivity index is 2.24. The van der Waals surface area contributed by atoms with Crippen molar-refractivity contribution in [2.24, 2.45) is 5.92 Å². The zero-order chi connectivity index (χ0) is 9.47. The Bertz CT molecular complexity index is 238. The molecule has 0 bridgehead atoms. The molecule has 0 aromatic carbocycles. The van der Waals surface area contributed by atoms with Crippen LogP contribution < -0.4 is 0 Å². The molecule has 1 N–H and O–H groups in total. The second-order valence-electron chi connectivity index (χ2n) is 5.11. The number of fused-ring (bicyclic) bond motifs is 1. The maximum atomic E-state index is 10.0. The first-order valence-corrected chi connectivity index (χ1v) is 5.49. The molecular formula is C12H20O.